The van der Waals surface area contributed by atoms with Crippen LogP contribution in [0.5, 0.6) is 6.01 Å². The number of hydrogen-bond donors (Lipinski definition) is 2. The molecule has 0 unspecified atom stereocenters. The summed E-state index contributed by atoms with van der Waals surface area (Å²) in [6.07, 6.45) is -1.23. The molecule has 3 N–H and O–H groups in total. The average molecular weight is 426 g/mol. The van der Waals surface area contributed by atoms with Gasteiger partial charge in [0, 0.05) is 12.5 Å². The predicted octanol–water partition coefficient (Wildman–Crippen LogP) is 4.60. The number of Topliss-reactive ketones (excluding diaryl/α,β-unsaturated/α-hetero) is 1. The van der Waals surface area contributed by atoms with Gasteiger partial charge in [-0.2, -0.15) is 9.97 Å². The Kier molecular flexibility index (Phi) is 5.58. The molecule has 3 aromatic rings. The molecule has 1 aromatic carbocycles. The van der Waals surface area contributed by atoms with Gasteiger partial charge in [0.25, 0.3) is 0 Å². The summed E-state index contributed by atoms with van der Waals surface area (Å²) < 4.78 is 5.66. The summed E-state index contributed by atoms with van der Waals surface area (Å²) in [7, 11) is 0. The van der Waals surface area contributed by atoms with Crippen LogP contribution in [0.3, 0.4) is 0 Å². The van der Waals surface area contributed by atoms with Gasteiger partial charge in [-0.15, -0.1) is 11.3 Å². The van der Waals surface area contributed by atoms with E-state index in [4.69, 9.17) is 33.7 Å². The van der Waals surface area contributed by atoms with E-state index in [1.807, 2.05) is 0 Å². The van der Waals surface area contributed by atoms with Gasteiger partial charge < -0.3 is 15.6 Å². The Morgan fingerprint density at radius 3 is 2.56 bits per heavy atom. The number of anilines is 1. The van der Waals surface area contributed by atoms with Gasteiger partial charge in [-0.05, 0) is 26.0 Å². The number of benzene rings is 1. The zero-order valence-electron chi connectivity index (χ0n) is 14.8. The summed E-state index contributed by atoms with van der Waals surface area (Å²) in [4.78, 5) is 21.7. The van der Waals surface area contributed by atoms with Crippen molar-refractivity contribution in [2.45, 2.75) is 33.0 Å². The number of thiophene rings is 1. The fourth-order valence-electron chi connectivity index (χ4n) is 2.43. The van der Waals surface area contributed by atoms with Gasteiger partial charge in [0.05, 0.1) is 37.8 Å². The van der Waals surface area contributed by atoms with Crippen molar-refractivity contribution in [3.05, 3.63) is 33.1 Å². The van der Waals surface area contributed by atoms with Crippen molar-refractivity contribution in [2.75, 3.05) is 5.73 Å². The molecule has 0 saturated carbocycles. The summed E-state index contributed by atoms with van der Waals surface area (Å²) in [5.41, 5.74) is 7.67. The Labute approximate surface area is 169 Å². The van der Waals surface area contributed by atoms with Gasteiger partial charge in [-0.3, -0.25) is 4.79 Å². The molecule has 2 heterocycles. The number of rotatable bonds is 5. The zero-order chi connectivity index (χ0) is 19.9. The molecule has 27 heavy (non-hydrogen) atoms. The molecule has 6 nitrogen and oxygen atoms in total. The van der Waals surface area contributed by atoms with E-state index in [-0.39, 0.29) is 11.8 Å². The first kappa shape index (κ1) is 19.8. The van der Waals surface area contributed by atoms with E-state index in [0.29, 0.717) is 42.1 Å². The molecule has 0 saturated heterocycles. The molecule has 2 aromatic heterocycles. The van der Waals surface area contributed by atoms with Gasteiger partial charge in [0.2, 0.25) is 0 Å². The number of ether oxygens (including phenoxy) is 1. The van der Waals surface area contributed by atoms with Crippen LogP contribution in [-0.4, -0.2) is 33.1 Å². The molecule has 0 aliphatic heterocycles. The number of ketones is 1. The Morgan fingerprint density at radius 1 is 1.26 bits per heavy atom. The number of nitrogens with zero attached hydrogens (tertiary/aromatic N) is 2. The highest BCUT2D eigenvalue weighted by molar-refractivity contribution is 7.21. The van der Waals surface area contributed by atoms with E-state index in [2.05, 4.69) is 9.97 Å². The number of carbonyl (C=O) groups is 1. The lowest BCUT2D eigenvalue weighted by Crippen LogP contribution is -2.26. The normalized spacial score (nSPS) is 13.6. The van der Waals surface area contributed by atoms with Crippen molar-refractivity contribution in [1.29, 1.82) is 0 Å². The first-order valence-corrected chi connectivity index (χ1v) is 9.67. The highest BCUT2D eigenvalue weighted by atomic mass is 35.5. The second kappa shape index (κ2) is 7.59. The number of hydrogen-bond acceptors (Lipinski definition) is 7. The van der Waals surface area contributed by atoms with Crippen molar-refractivity contribution in [3.8, 4) is 17.3 Å². The fraction of sp³-hybridized carbons (Fsp3) is 0.278. The van der Waals surface area contributed by atoms with E-state index in [0.717, 1.165) is 0 Å². The largest absolute Gasteiger partial charge is 0.458 e. The van der Waals surface area contributed by atoms with Crippen molar-refractivity contribution in [3.63, 3.8) is 0 Å². The molecule has 0 bridgehead atoms. The molecule has 9 heteroatoms. The van der Waals surface area contributed by atoms with Crippen LogP contribution in [0, 0.1) is 0 Å². The quantitative estimate of drug-likeness (QED) is 0.579. The van der Waals surface area contributed by atoms with Crippen LogP contribution in [0.15, 0.2) is 18.2 Å². The lowest BCUT2D eigenvalue weighted by molar-refractivity contribution is 0.0545. The minimum Gasteiger partial charge on any atom is -0.458 e. The van der Waals surface area contributed by atoms with Crippen LogP contribution in [-0.2, 0) is 0 Å². The van der Waals surface area contributed by atoms with Crippen LogP contribution in [0.25, 0.3) is 21.5 Å². The standard InChI is InChI=1S/C18H17Cl2N3O3S/c1-7(24)9(3)26-18-22-15(10-4-5-11(19)12(20)6-10)13-14(21)16(8(2)25)27-17(13)23-18/h4-7,9,24H,21H2,1-3H3/t7-,9-/m1/s1. The second-order valence-electron chi connectivity index (χ2n) is 6.13. The van der Waals surface area contributed by atoms with Gasteiger partial charge in [0.15, 0.2) is 5.78 Å². The maximum Gasteiger partial charge on any atom is 0.318 e. The SMILES string of the molecule is CC(=O)c1sc2nc(O[C@H](C)[C@@H](C)O)nc(-c3ccc(Cl)c(Cl)c3)c2c1N. The summed E-state index contributed by atoms with van der Waals surface area (Å²) in [5.74, 6) is -0.157. The van der Waals surface area contributed by atoms with Crippen LogP contribution >= 0.6 is 34.5 Å². The molecule has 142 valence electrons. The van der Waals surface area contributed by atoms with Crippen molar-refractivity contribution in [1.82, 2.24) is 9.97 Å². The molecule has 0 spiro atoms. The molecule has 2 atom stereocenters. The lowest BCUT2D eigenvalue weighted by Gasteiger charge is -2.16. The van der Waals surface area contributed by atoms with Gasteiger partial charge in [0.1, 0.15) is 10.9 Å². The topological polar surface area (TPSA) is 98.3 Å². The van der Waals surface area contributed by atoms with Gasteiger partial charge in [-0.1, -0.05) is 29.3 Å². The number of carbonyl (C=O) groups excluding carboxylic acids is 1. The third kappa shape index (κ3) is 3.87. The van der Waals surface area contributed by atoms with E-state index < -0.39 is 12.2 Å². The summed E-state index contributed by atoms with van der Waals surface area (Å²) in [6, 6.07) is 5.15. The zero-order valence-corrected chi connectivity index (χ0v) is 17.1. The maximum absolute atomic E-state index is 11.9. The van der Waals surface area contributed by atoms with Crippen molar-refractivity contribution >= 4 is 56.2 Å². The molecular weight excluding hydrogens is 409 g/mol. The van der Waals surface area contributed by atoms with Gasteiger partial charge >= 0.3 is 6.01 Å². The van der Waals surface area contributed by atoms with E-state index in [9.17, 15) is 9.90 Å². The van der Waals surface area contributed by atoms with E-state index in [1.54, 1.807) is 32.0 Å². The minimum absolute atomic E-state index is 0.0772. The van der Waals surface area contributed by atoms with Crippen LogP contribution in [0.2, 0.25) is 10.0 Å². The Balaban J connectivity index is 2.27. The fourth-order valence-corrected chi connectivity index (χ4v) is 3.71. The average Bonchev–Trinajstić information content (AvgIpc) is 2.93. The van der Waals surface area contributed by atoms with Crippen LogP contribution in [0.4, 0.5) is 5.69 Å². The second-order valence-corrected chi connectivity index (χ2v) is 7.94. The molecule has 0 aliphatic carbocycles. The smallest absolute Gasteiger partial charge is 0.318 e. The van der Waals surface area contributed by atoms with Crippen LogP contribution in [0.1, 0.15) is 30.4 Å². The number of halogens is 2. The van der Waals surface area contributed by atoms with Crippen molar-refractivity contribution in [2.24, 2.45) is 0 Å². The first-order valence-electron chi connectivity index (χ1n) is 8.10. The van der Waals surface area contributed by atoms with Gasteiger partial charge in [-0.25, -0.2) is 0 Å². The molecule has 0 amide bonds. The number of nitrogen functional groups attached to an aromatic ring is 1. The summed E-state index contributed by atoms with van der Waals surface area (Å²) in [5, 5.41) is 11.0. The third-order valence-corrected chi connectivity index (χ3v) is 5.99. The number of aliphatic hydroxyl groups is 1. The lowest BCUT2D eigenvalue weighted by atomic mass is 10.1. The summed E-state index contributed by atoms with van der Waals surface area (Å²) in [6.45, 7) is 4.77. The monoisotopic (exact) mass is 425 g/mol. The molecule has 0 aliphatic rings. The predicted molar refractivity (Wildman–Crippen MR) is 109 cm³/mol. The van der Waals surface area contributed by atoms with E-state index in [1.165, 1.54) is 18.3 Å². The Hall–Kier alpha value is -1.93. The van der Waals surface area contributed by atoms with Crippen molar-refractivity contribution < 1.29 is 14.6 Å². The highest BCUT2D eigenvalue weighted by Crippen LogP contribution is 2.40. The number of aromatic nitrogens is 2. The number of fused-ring (bicyclic) bond motifs is 1. The Bertz CT molecular complexity index is 1040. The van der Waals surface area contributed by atoms with Crippen LogP contribution < -0.4 is 10.5 Å². The third-order valence-electron chi connectivity index (χ3n) is 4.05. The van der Waals surface area contributed by atoms with E-state index >= 15 is 0 Å². The molecule has 0 radical (unpaired) electrons. The Morgan fingerprint density at radius 2 is 1.96 bits per heavy atom. The molecule has 3 rings (SSSR count). The maximum atomic E-state index is 11.9. The minimum atomic E-state index is -0.709. The number of aliphatic hydroxyl groups excluding tert-OH is 1. The highest BCUT2D eigenvalue weighted by Gasteiger charge is 2.22. The molecular formula is C18H17Cl2N3O3S. The molecule has 0 fully saturated rings. The number of nitrogens with two attached hydrogens (primary N) is 1. The first-order chi connectivity index (χ1) is 12.7. The summed E-state index contributed by atoms with van der Waals surface area (Å²) >= 11 is 13.3.